The molecule has 152 valence electrons. The van der Waals surface area contributed by atoms with Crippen LogP contribution in [0.25, 0.3) is 5.65 Å². The minimum atomic E-state index is 0.0106. The van der Waals surface area contributed by atoms with E-state index in [9.17, 15) is 5.11 Å². The number of aromatic hydroxyl groups is 1. The predicted molar refractivity (Wildman–Crippen MR) is 111 cm³/mol. The molecule has 1 aromatic carbocycles. The molecule has 0 spiro atoms. The normalized spacial score (nSPS) is 21.5. The summed E-state index contributed by atoms with van der Waals surface area (Å²) in [6.07, 6.45) is 5.36. The van der Waals surface area contributed by atoms with Crippen molar-refractivity contribution in [1.82, 2.24) is 19.5 Å². The van der Waals surface area contributed by atoms with Gasteiger partial charge in [-0.2, -0.15) is 5.10 Å². The van der Waals surface area contributed by atoms with Crippen LogP contribution in [0, 0.1) is 0 Å². The van der Waals surface area contributed by atoms with E-state index in [-0.39, 0.29) is 11.2 Å². The minimum absolute atomic E-state index is 0.0106. The number of aromatic nitrogens is 3. The number of benzene rings is 1. The summed E-state index contributed by atoms with van der Waals surface area (Å²) in [5.41, 5.74) is 5.76. The summed E-state index contributed by atoms with van der Waals surface area (Å²) < 4.78 is 7.26. The smallest absolute Gasteiger partial charge is 0.160 e. The standard InChI is InChI=1S/C23H28N4O2/c1-23(2,3)21-11-22-24-12-16-17-7-6-15(10-18(16)27(22)25-21)26(17)13-14-5-8-20(29-4)19(28)9-14/h5,8-9,11-12,15,17,28H,6-7,10,13H2,1-4H3. The Bertz CT molecular complexity index is 1080. The molecule has 6 nitrogen and oxygen atoms in total. The summed E-state index contributed by atoms with van der Waals surface area (Å²) in [5.74, 6) is 0.713. The topological polar surface area (TPSA) is 62.9 Å². The van der Waals surface area contributed by atoms with Gasteiger partial charge in [-0.3, -0.25) is 4.90 Å². The molecule has 2 aliphatic heterocycles. The summed E-state index contributed by atoms with van der Waals surface area (Å²) in [7, 11) is 1.57. The maximum atomic E-state index is 10.1. The number of phenols is 1. The van der Waals surface area contributed by atoms with Gasteiger partial charge in [-0.1, -0.05) is 26.8 Å². The van der Waals surface area contributed by atoms with E-state index in [1.807, 2.05) is 18.2 Å². The zero-order valence-electron chi connectivity index (χ0n) is 17.5. The molecule has 0 amide bonds. The van der Waals surface area contributed by atoms with Crippen LogP contribution in [0.4, 0.5) is 0 Å². The summed E-state index contributed by atoms with van der Waals surface area (Å²) in [6, 6.07) is 8.66. The molecule has 1 N–H and O–H groups in total. The zero-order chi connectivity index (χ0) is 20.3. The Morgan fingerprint density at radius 1 is 1.21 bits per heavy atom. The molecular weight excluding hydrogens is 364 g/mol. The van der Waals surface area contributed by atoms with Crippen molar-refractivity contribution in [1.29, 1.82) is 0 Å². The highest BCUT2D eigenvalue weighted by Crippen LogP contribution is 2.44. The number of methoxy groups -OCH3 is 1. The molecule has 2 aromatic heterocycles. The van der Waals surface area contributed by atoms with Crippen molar-refractivity contribution in [2.24, 2.45) is 0 Å². The number of hydrogen-bond donors (Lipinski definition) is 1. The Hall–Kier alpha value is -2.60. The largest absolute Gasteiger partial charge is 0.504 e. The van der Waals surface area contributed by atoms with Gasteiger partial charge in [-0.25, -0.2) is 9.50 Å². The first kappa shape index (κ1) is 18.4. The molecule has 2 bridgehead atoms. The molecule has 0 saturated carbocycles. The third kappa shape index (κ3) is 2.97. The molecular formula is C23H28N4O2. The van der Waals surface area contributed by atoms with Crippen molar-refractivity contribution >= 4 is 5.65 Å². The molecule has 1 saturated heterocycles. The Morgan fingerprint density at radius 3 is 2.76 bits per heavy atom. The maximum Gasteiger partial charge on any atom is 0.160 e. The molecule has 3 aromatic rings. The average Bonchev–Trinajstić information content (AvgIpc) is 3.22. The maximum absolute atomic E-state index is 10.1. The van der Waals surface area contributed by atoms with Crippen LogP contribution in [-0.4, -0.2) is 37.8 Å². The van der Waals surface area contributed by atoms with Gasteiger partial charge < -0.3 is 9.84 Å². The highest BCUT2D eigenvalue weighted by Gasteiger charge is 2.41. The first-order valence-electron chi connectivity index (χ1n) is 10.3. The molecule has 6 heteroatoms. The lowest BCUT2D eigenvalue weighted by atomic mass is 9.93. The molecule has 5 rings (SSSR count). The van der Waals surface area contributed by atoms with Gasteiger partial charge in [0.2, 0.25) is 0 Å². The third-order valence-corrected chi connectivity index (χ3v) is 6.42. The van der Waals surface area contributed by atoms with E-state index in [1.165, 1.54) is 17.7 Å². The van der Waals surface area contributed by atoms with Crippen LogP contribution in [0.15, 0.2) is 30.5 Å². The molecule has 0 aliphatic carbocycles. The lowest BCUT2D eigenvalue weighted by molar-refractivity contribution is 0.165. The fraction of sp³-hybridized carbons (Fsp3) is 0.478. The number of ether oxygens (including phenoxy) is 1. The van der Waals surface area contributed by atoms with Crippen molar-refractivity contribution < 1.29 is 9.84 Å². The van der Waals surface area contributed by atoms with Gasteiger partial charge in [-0.15, -0.1) is 0 Å². The molecule has 2 atom stereocenters. The van der Waals surface area contributed by atoms with E-state index in [4.69, 9.17) is 14.8 Å². The van der Waals surface area contributed by atoms with Gasteiger partial charge in [0.15, 0.2) is 17.1 Å². The van der Waals surface area contributed by atoms with E-state index < -0.39 is 0 Å². The van der Waals surface area contributed by atoms with Crippen LogP contribution < -0.4 is 4.74 Å². The van der Waals surface area contributed by atoms with Gasteiger partial charge in [0, 0.05) is 48.3 Å². The van der Waals surface area contributed by atoms with Crippen LogP contribution >= 0.6 is 0 Å². The van der Waals surface area contributed by atoms with Crippen molar-refractivity contribution in [2.75, 3.05) is 7.11 Å². The molecule has 2 aliphatic rings. The van der Waals surface area contributed by atoms with Crippen LogP contribution in [0.5, 0.6) is 11.5 Å². The van der Waals surface area contributed by atoms with E-state index in [1.54, 1.807) is 7.11 Å². The summed E-state index contributed by atoms with van der Waals surface area (Å²) in [4.78, 5) is 7.30. The molecule has 0 radical (unpaired) electrons. The number of hydrogen-bond acceptors (Lipinski definition) is 5. The van der Waals surface area contributed by atoms with Gasteiger partial charge in [0.05, 0.1) is 18.5 Å². The zero-order valence-corrected chi connectivity index (χ0v) is 17.5. The van der Waals surface area contributed by atoms with E-state index in [0.29, 0.717) is 17.8 Å². The van der Waals surface area contributed by atoms with Gasteiger partial charge >= 0.3 is 0 Å². The minimum Gasteiger partial charge on any atom is -0.504 e. The summed E-state index contributed by atoms with van der Waals surface area (Å²) in [6.45, 7) is 7.39. The first-order valence-corrected chi connectivity index (χ1v) is 10.3. The van der Waals surface area contributed by atoms with Gasteiger partial charge in [0.25, 0.3) is 0 Å². The van der Waals surface area contributed by atoms with Crippen LogP contribution in [0.3, 0.4) is 0 Å². The van der Waals surface area contributed by atoms with E-state index in [0.717, 1.165) is 36.3 Å². The Balaban J connectivity index is 1.49. The van der Waals surface area contributed by atoms with Crippen LogP contribution in [0.2, 0.25) is 0 Å². The highest BCUT2D eigenvalue weighted by molar-refractivity contribution is 5.46. The molecule has 1 fully saturated rings. The van der Waals surface area contributed by atoms with Crippen molar-refractivity contribution in [3.63, 3.8) is 0 Å². The van der Waals surface area contributed by atoms with Crippen molar-refractivity contribution in [3.05, 3.63) is 53.0 Å². The SMILES string of the molecule is COc1ccc(CN2C3CCC2c2cnc4cc(C(C)(C)C)nn4c2C3)cc1O. The highest BCUT2D eigenvalue weighted by atomic mass is 16.5. The lowest BCUT2D eigenvalue weighted by Gasteiger charge is -2.36. The first-order chi connectivity index (χ1) is 13.8. The molecule has 4 heterocycles. The second kappa shape index (κ2) is 6.46. The third-order valence-electron chi connectivity index (χ3n) is 6.42. The number of phenolic OH excluding ortho intramolecular Hbond substituents is 1. The second-order valence-corrected chi connectivity index (χ2v) is 9.34. The fourth-order valence-corrected chi connectivity index (χ4v) is 4.84. The molecule has 29 heavy (non-hydrogen) atoms. The monoisotopic (exact) mass is 392 g/mol. The Labute approximate surface area is 171 Å². The second-order valence-electron chi connectivity index (χ2n) is 9.34. The number of fused-ring (bicyclic) bond motifs is 6. The average molecular weight is 393 g/mol. The Morgan fingerprint density at radius 2 is 2.03 bits per heavy atom. The quantitative estimate of drug-likeness (QED) is 0.730. The van der Waals surface area contributed by atoms with Gasteiger partial charge in [0.1, 0.15) is 0 Å². The molecule has 2 unspecified atom stereocenters. The number of nitrogens with zero attached hydrogens (tertiary/aromatic N) is 4. The summed E-state index contributed by atoms with van der Waals surface area (Å²) in [5, 5.41) is 15.1. The van der Waals surface area contributed by atoms with Gasteiger partial charge in [-0.05, 0) is 30.5 Å². The van der Waals surface area contributed by atoms with Crippen molar-refractivity contribution in [2.45, 2.75) is 64.1 Å². The van der Waals surface area contributed by atoms with Crippen LogP contribution in [-0.2, 0) is 18.4 Å². The van der Waals surface area contributed by atoms with E-state index >= 15 is 0 Å². The van der Waals surface area contributed by atoms with Crippen molar-refractivity contribution in [3.8, 4) is 11.5 Å². The number of rotatable bonds is 3. The fourth-order valence-electron chi connectivity index (χ4n) is 4.84. The van der Waals surface area contributed by atoms with Crippen LogP contribution in [0.1, 0.15) is 62.2 Å². The van der Waals surface area contributed by atoms with E-state index in [2.05, 4.69) is 42.4 Å². The lowest BCUT2D eigenvalue weighted by Crippen LogP contribution is -2.38. The Kier molecular flexibility index (Phi) is 4.10. The predicted octanol–water partition coefficient (Wildman–Crippen LogP) is 4.00. The summed E-state index contributed by atoms with van der Waals surface area (Å²) >= 11 is 0.